The first-order valence-electron chi connectivity index (χ1n) is 13.9. The van der Waals surface area contributed by atoms with Crippen molar-refractivity contribution in [3.05, 3.63) is 82.4 Å². The van der Waals surface area contributed by atoms with E-state index in [1.54, 1.807) is 24.3 Å². The number of anilines is 1. The van der Waals surface area contributed by atoms with Crippen LogP contribution in [-0.2, 0) is 16.0 Å². The fourth-order valence-electron chi connectivity index (χ4n) is 4.88. The fraction of sp³-hybridized carbons (Fsp3) is 0.344. The summed E-state index contributed by atoms with van der Waals surface area (Å²) in [6.45, 7) is 5.78. The molecule has 8 nitrogen and oxygen atoms in total. The van der Waals surface area contributed by atoms with Gasteiger partial charge in [0.2, 0.25) is 11.8 Å². The molecule has 0 radical (unpaired) electrons. The summed E-state index contributed by atoms with van der Waals surface area (Å²) < 4.78 is 39.9. The molecule has 0 saturated heterocycles. The molecule has 4 rings (SSSR count). The van der Waals surface area contributed by atoms with Gasteiger partial charge in [-0.25, -0.2) is 13.6 Å². The second-order valence-corrected chi connectivity index (χ2v) is 10.4. The van der Waals surface area contributed by atoms with Crippen LogP contribution >= 0.6 is 0 Å². The minimum Gasteiger partial charge on any atom is -0.490 e. The number of amides is 2. The number of nitrogens with one attached hydrogen (secondary N) is 2. The SMILES string of the molecule is CCC(=O)NC1CCC(Oc2ccc(Oc3ccc(CC(=O)Nc4c(F)cc(F)cc4C(=O)O)cc3)c(C)c2C)CC1. The molecule has 42 heavy (non-hydrogen) atoms. The van der Waals surface area contributed by atoms with Crippen molar-refractivity contribution < 1.29 is 37.7 Å². The summed E-state index contributed by atoms with van der Waals surface area (Å²) in [7, 11) is 0. The van der Waals surface area contributed by atoms with Crippen LogP contribution in [-0.4, -0.2) is 35.0 Å². The van der Waals surface area contributed by atoms with Crippen LogP contribution in [0.2, 0.25) is 0 Å². The molecule has 222 valence electrons. The molecule has 1 aliphatic rings. The van der Waals surface area contributed by atoms with Crippen molar-refractivity contribution >= 4 is 23.5 Å². The van der Waals surface area contributed by atoms with Gasteiger partial charge in [-0.3, -0.25) is 9.59 Å². The Bertz CT molecular complexity index is 1470. The Hall–Kier alpha value is -4.47. The predicted molar refractivity (Wildman–Crippen MR) is 153 cm³/mol. The maximum absolute atomic E-state index is 14.1. The van der Waals surface area contributed by atoms with Gasteiger partial charge in [0, 0.05) is 18.5 Å². The first-order valence-corrected chi connectivity index (χ1v) is 13.9. The molecule has 0 aliphatic heterocycles. The molecule has 1 saturated carbocycles. The molecule has 2 amide bonds. The molecule has 3 aromatic carbocycles. The molecular formula is C32H34F2N2O6. The highest BCUT2D eigenvalue weighted by atomic mass is 19.1. The maximum Gasteiger partial charge on any atom is 0.338 e. The Morgan fingerprint density at radius 3 is 2.19 bits per heavy atom. The van der Waals surface area contributed by atoms with E-state index in [-0.39, 0.29) is 24.5 Å². The van der Waals surface area contributed by atoms with E-state index < -0.39 is 34.8 Å². The number of benzene rings is 3. The van der Waals surface area contributed by atoms with Gasteiger partial charge in [-0.15, -0.1) is 0 Å². The van der Waals surface area contributed by atoms with Gasteiger partial charge in [0.15, 0.2) is 5.82 Å². The maximum atomic E-state index is 14.1. The van der Waals surface area contributed by atoms with Crippen molar-refractivity contribution in [1.29, 1.82) is 0 Å². The first kappa shape index (κ1) is 30.5. The smallest absolute Gasteiger partial charge is 0.338 e. The molecule has 1 aliphatic carbocycles. The van der Waals surface area contributed by atoms with Crippen molar-refractivity contribution in [2.75, 3.05) is 5.32 Å². The average molecular weight is 581 g/mol. The normalized spacial score (nSPS) is 16.4. The van der Waals surface area contributed by atoms with Crippen molar-refractivity contribution in [3.63, 3.8) is 0 Å². The minimum absolute atomic E-state index is 0.0798. The Morgan fingerprint density at radius 1 is 0.905 bits per heavy atom. The van der Waals surface area contributed by atoms with Crippen LogP contribution in [0.25, 0.3) is 0 Å². The van der Waals surface area contributed by atoms with E-state index in [0.29, 0.717) is 35.6 Å². The highest BCUT2D eigenvalue weighted by Crippen LogP contribution is 2.34. The number of halogens is 2. The van der Waals surface area contributed by atoms with E-state index in [1.165, 1.54) is 0 Å². The summed E-state index contributed by atoms with van der Waals surface area (Å²) in [6, 6.07) is 11.8. The zero-order valence-corrected chi connectivity index (χ0v) is 23.8. The van der Waals surface area contributed by atoms with Gasteiger partial charge in [-0.1, -0.05) is 19.1 Å². The predicted octanol–water partition coefficient (Wildman–Crippen LogP) is 6.47. The van der Waals surface area contributed by atoms with E-state index in [4.69, 9.17) is 9.47 Å². The van der Waals surface area contributed by atoms with Gasteiger partial charge in [-0.2, -0.15) is 0 Å². The number of rotatable bonds is 10. The monoisotopic (exact) mass is 580 g/mol. The molecule has 0 spiro atoms. The summed E-state index contributed by atoms with van der Waals surface area (Å²) in [5.41, 5.74) is 1.22. The van der Waals surface area contributed by atoms with Gasteiger partial charge in [0.05, 0.1) is 23.8 Å². The average Bonchev–Trinajstić information content (AvgIpc) is 2.96. The Labute approximate surface area is 243 Å². The van der Waals surface area contributed by atoms with Crippen LogP contribution in [0, 0.1) is 25.5 Å². The number of carbonyl (C=O) groups is 3. The quantitative estimate of drug-likeness (QED) is 0.253. The van der Waals surface area contributed by atoms with Crippen LogP contribution < -0.4 is 20.1 Å². The Balaban J connectivity index is 1.34. The Morgan fingerprint density at radius 2 is 1.55 bits per heavy atom. The second kappa shape index (κ2) is 13.5. The molecule has 0 bridgehead atoms. The van der Waals surface area contributed by atoms with Gasteiger partial charge in [-0.05, 0) is 86.6 Å². The third-order valence-electron chi connectivity index (χ3n) is 7.41. The largest absolute Gasteiger partial charge is 0.490 e. The van der Waals surface area contributed by atoms with Gasteiger partial charge < -0.3 is 25.2 Å². The summed E-state index contributed by atoms with van der Waals surface area (Å²) >= 11 is 0. The topological polar surface area (TPSA) is 114 Å². The van der Waals surface area contributed by atoms with E-state index in [1.807, 2.05) is 32.9 Å². The highest BCUT2D eigenvalue weighted by molar-refractivity contribution is 6.01. The number of ether oxygens (including phenoxy) is 2. The number of carboxylic acid groups (broad SMARTS) is 1. The lowest BCUT2D eigenvalue weighted by molar-refractivity contribution is -0.121. The van der Waals surface area contributed by atoms with Gasteiger partial charge in [0.1, 0.15) is 23.1 Å². The van der Waals surface area contributed by atoms with Gasteiger partial charge >= 0.3 is 5.97 Å². The molecule has 3 N–H and O–H groups in total. The first-order chi connectivity index (χ1) is 20.0. The molecule has 0 heterocycles. The lowest BCUT2D eigenvalue weighted by atomic mass is 9.92. The molecule has 0 atom stereocenters. The van der Waals surface area contributed by atoms with Crippen molar-refractivity contribution in [1.82, 2.24) is 5.32 Å². The summed E-state index contributed by atoms with van der Waals surface area (Å²) in [4.78, 5) is 35.5. The summed E-state index contributed by atoms with van der Waals surface area (Å²) in [5.74, 6) is -2.36. The number of carboxylic acids is 1. The molecule has 10 heteroatoms. The standard InChI is InChI=1S/C32H34F2N2O6/c1-4-29(37)35-22-7-11-24(12-8-22)42-28-14-13-27(18(2)19(28)3)41-23-9-5-20(6-10-23)15-30(38)36-31-25(32(39)40)16-21(33)17-26(31)34/h5-6,9-10,13-14,16-17,22,24H,4,7-8,11-12,15H2,1-3H3,(H,35,37)(H,36,38)(H,39,40). The lowest BCUT2D eigenvalue weighted by Crippen LogP contribution is -2.39. The summed E-state index contributed by atoms with van der Waals surface area (Å²) in [6.07, 6.45) is 3.93. The molecule has 0 aromatic heterocycles. The summed E-state index contributed by atoms with van der Waals surface area (Å²) in [5, 5.41) is 14.5. The van der Waals surface area contributed by atoms with E-state index in [0.717, 1.165) is 42.6 Å². The third-order valence-corrected chi connectivity index (χ3v) is 7.41. The molecule has 1 fully saturated rings. The van der Waals surface area contributed by atoms with Crippen LogP contribution in [0.3, 0.4) is 0 Å². The number of hydrogen-bond donors (Lipinski definition) is 3. The van der Waals surface area contributed by atoms with Crippen LogP contribution in [0.4, 0.5) is 14.5 Å². The van der Waals surface area contributed by atoms with Gasteiger partial charge in [0.25, 0.3) is 0 Å². The van der Waals surface area contributed by atoms with E-state index >= 15 is 0 Å². The van der Waals surface area contributed by atoms with Crippen molar-refractivity contribution in [2.45, 2.75) is 71.4 Å². The second-order valence-electron chi connectivity index (χ2n) is 10.4. The zero-order chi connectivity index (χ0) is 30.4. The van der Waals surface area contributed by atoms with E-state index in [2.05, 4.69) is 10.6 Å². The minimum atomic E-state index is -1.56. The van der Waals surface area contributed by atoms with E-state index in [9.17, 15) is 28.3 Å². The Kier molecular flexibility index (Phi) is 9.77. The number of aromatic carboxylic acids is 1. The number of hydrogen-bond acceptors (Lipinski definition) is 5. The molecular weight excluding hydrogens is 546 g/mol. The zero-order valence-electron chi connectivity index (χ0n) is 23.8. The third kappa shape index (κ3) is 7.63. The van der Waals surface area contributed by atoms with Crippen molar-refractivity contribution in [3.8, 4) is 17.2 Å². The molecule has 0 unspecified atom stereocenters. The fourth-order valence-corrected chi connectivity index (χ4v) is 4.88. The van der Waals surface area contributed by atoms with Crippen LogP contribution in [0.15, 0.2) is 48.5 Å². The van der Waals surface area contributed by atoms with Crippen LogP contribution in [0.5, 0.6) is 17.2 Å². The highest BCUT2D eigenvalue weighted by Gasteiger charge is 2.24. The lowest BCUT2D eigenvalue weighted by Gasteiger charge is -2.30. The number of carbonyl (C=O) groups excluding carboxylic acids is 2. The van der Waals surface area contributed by atoms with Crippen LogP contribution in [0.1, 0.15) is 66.1 Å². The molecule has 3 aromatic rings. The van der Waals surface area contributed by atoms with Crippen molar-refractivity contribution in [2.24, 2.45) is 0 Å².